The van der Waals surface area contributed by atoms with E-state index in [2.05, 4.69) is 43.1 Å². The Morgan fingerprint density at radius 2 is 2.05 bits per heavy atom. The maximum Gasteiger partial charge on any atom is 0.129 e. The highest BCUT2D eigenvalue weighted by Gasteiger charge is 2.13. The number of rotatable bonds is 6. The fourth-order valence-electron chi connectivity index (χ4n) is 2.38. The van der Waals surface area contributed by atoms with Crippen molar-refractivity contribution in [2.45, 2.75) is 33.7 Å². The van der Waals surface area contributed by atoms with E-state index in [1.807, 2.05) is 0 Å². The maximum absolute atomic E-state index is 5.42. The summed E-state index contributed by atoms with van der Waals surface area (Å²) in [5.41, 5.74) is 2.51. The molecule has 0 bridgehead atoms. The molecule has 0 unspecified atom stereocenters. The van der Waals surface area contributed by atoms with E-state index in [9.17, 15) is 0 Å². The van der Waals surface area contributed by atoms with E-state index in [1.54, 1.807) is 0 Å². The van der Waals surface area contributed by atoms with Gasteiger partial charge in [0.1, 0.15) is 5.82 Å². The lowest BCUT2D eigenvalue weighted by Crippen LogP contribution is -2.37. The lowest BCUT2D eigenvalue weighted by molar-refractivity contribution is 0.122. The summed E-state index contributed by atoms with van der Waals surface area (Å²) in [6, 6.07) is 4.44. The minimum Gasteiger partial charge on any atom is -0.378 e. The number of pyridine rings is 1. The van der Waals surface area contributed by atoms with Gasteiger partial charge in [-0.25, -0.2) is 4.98 Å². The van der Waals surface area contributed by atoms with Gasteiger partial charge in [0.25, 0.3) is 0 Å². The Balaban J connectivity index is 2.06. The summed E-state index contributed by atoms with van der Waals surface area (Å²) >= 11 is 0. The first kappa shape index (κ1) is 15.3. The van der Waals surface area contributed by atoms with Crippen molar-refractivity contribution in [2.24, 2.45) is 5.92 Å². The molecule has 20 heavy (non-hydrogen) atoms. The number of nitrogens with zero attached hydrogens (tertiary/aromatic N) is 2. The molecular formula is C16H27N3O. The first-order valence-electron chi connectivity index (χ1n) is 7.72. The van der Waals surface area contributed by atoms with Crippen molar-refractivity contribution in [2.75, 3.05) is 37.7 Å². The normalized spacial score (nSPS) is 15.9. The number of aryl methyl sites for hydroxylation is 1. The molecule has 112 valence electrons. The average molecular weight is 277 g/mol. The molecule has 1 aromatic rings. The van der Waals surface area contributed by atoms with Crippen molar-refractivity contribution < 1.29 is 4.74 Å². The molecule has 0 atom stereocenters. The SMILES string of the molecule is CCc1cc(CNCC(C)C)cc(N2CCOCC2)n1. The summed E-state index contributed by atoms with van der Waals surface area (Å²) in [4.78, 5) is 7.09. The molecule has 0 spiro atoms. The minimum absolute atomic E-state index is 0.682. The van der Waals surface area contributed by atoms with Crippen LogP contribution in [-0.4, -0.2) is 37.8 Å². The number of morpholine rings is 1. The number of nitrogens with one attached hydrogen (secondary N) is 1. The Hall–Kier alpha value is -1.13. The first-order valence-corrected chi connectivity index (χ1v) is 7.72. The van der Waals surface area contributed by atoms with Gasteiger partial charge in [-0.1, -0.05) is 20.8 Å². The molecule has 1 saturated heterocycles. The maximum atomic E-state index is 5.42. The summed E-state index contributed by atoms with van der Waals surface area (Å²) in [5.74, 6) is 1.79. The van der Waals surface area contributed by atoms with Crippen molar-refractivity contribution in [1.82, 2.24) is 10.3 Å². The highest BCUT2D eigenvalue weighted by molar-refractivity contribution is 5.43. The van der Waals surface area contributed by atoms with Crippen LogP contribution >= 0.6 is 0 Å². The van der Waals surface area contributed by atoms with Crippen molar-refractivity contribution >= 4 is 5.82 Å². The van der Waals surface area contributed by atoms with Gasteiger partial charge >= 0.3 is 0 Å². The molecule has 0 saturated carbocycles. The topological polar surface area (TPSA) is 37.4 Å². The van der Waals surface area contributed by atoms with Crippen molar-refractivity contribution in [1.29, 1.82) is 0 Å². The predicted molar refractivity (Wildman–Crippen MR) is 83.2 cm³/mol. The smallest absolute Gasteiger partial charge is 0.129 e. The van der Waals surface area contributed by atoms with Crippen LogP contribution in [0.5, 0.6) is 0 Å². The molecular weight excluding hydrogens is 250 g/mol. The molecule has 2 rings (SSSR count). The zero-order valence-corrected chi connectivity index (χ0v) is 13.0. The lowest BCUT2D eigenvalue weighted by atomic mass is 10.1. The second-order valence-corrected chi connectivity index (χ2v) is 5.80. The van der Waals surface area contributed by atoms with Gasteiger partial charge in [-0.05, 0) is 36.6 Å². The third kappa shape index (κ3) is 4.46. The third-order valence-electron chi connectivity index (χ3n) is 3.50. The van der Waals surface area contributed by atoms with Gasteiger partial charge in [-0.3, -0.25) is 0 Å². The quantitative estimate of drug-likeness (QED) is 0.865. The molecule has 0 amide bonds. The number of ether oxygens (including phenoxy) is 1. The van der Waals surface area contributed by atoms with Crippen LogP contribution in [0.15, 0.2) is 12.1 Å². The van der Waals surface area contributed by atoms with Crippen LogP contribution in [0, 0.1) is 5.92 Å². The van der Waals surface area contributed by atoms with Gasteiger partial charge in [0.05, 0.1) is 13.2 Å². The van der Waals surface area contributed by atoms with Gasteiger partial charge in [-0.15, -0.1) is 0 Å². The minimum atomic E-state index is 0.682. The van der Waals surface area contributed by atoms with E-state index in [0.717, 1.165) is 51.6 Å². The Kier molecular flexibility index (Phi) is 5.80. The summed E-state index contributed by atoms with van der Waals surface area (Å²) in [6.45, 7) is 12.1. The van der Waals surface area contributed by atoms with Crippen LogP contribution in [0.1, 0.15) is 32.0 Å². The molecule has 0 aliphatic carbocycles. The van der Waals surface area contributed by atoms with Crippen LogP contribution in [0.3, 0.4) is 0 Å². The van der Waals surface area contributed by atoms with E-state index in [0.29, 0.717) is 5.92 Å². The molecule has 1 aromatic heterocycles. The van der Waals surface area contributed by atoms with Crippen molar-refractivity contribution in [3.63, 3.8) is 0 Å². The summed E-state index contributed by atoms with van der Waals surface area (Å²) in [6.07, 6.45) is 0.982. The fraction of sp³-hybridized carbons (Fsp3) is 0.688. The standard InChI is InChI=1S/C16H27N3O/c1-4-15-9-14(12-17-11-13(2)3)10-16(18-15)19-5-7-20-8-6-19/h9-10,13,17H,4-8,11-12H2,1-3H3. The third-order valence-corrected chi connectivity index (χ3v) is 3.50. The van der Waals surface area contributed by atoms with Crippen LogP contribution in [0.25, 0.3) is 0 Å². The molecule has 0 aromatic carbocycles. The first-order chi connectivity index (χ1) is 9.69. The molecule has 1 aliphatic heterocycles. The highest BCUT2D eigenvalue weighted by atomic mass is 16.5. The van der Waals surface area contributed by atoms with Gasteiger partial charge in [0, 0.05) is 25.3 Å². The largest absolute Gasteiger partial charge is 0.378 e. The number of aromatic nitrogens is 1. The highest BCUT2D eigenvalue weighted by Crippen LogP contribution is 2.17. The Morgan fingerprint density at radius 3 is 2.70 bits per heavy atom. The Morgan fingerprint density at radius 1 is 1.30 bits per heavy atom. The van der Waals surface area contributed by atoms with Crippen molar-refractivity contribution in [3.05, 3.63) is 23.4 Å². The summed E-state index contributed by atoms with van der Waals surface area (Å²) in [5, 5.41) is 3.51. The Bertz CT molecular complexity index is 414. The number of hydrogen-bond donors (Lipinski definition) is 1. The van der Waals surface area contributed by atoms with E-state index >= 15 is 0 Å². The molecule has 4 nitrogen and oxygen atoms in total. The predicted octanol–water partition coefficient (Wildman–Crippen LogP) is 2.23. The zero-order chi connectivity index (χ0) is 14.4. The molecule has 1 fully saturated rings. The molecule has 1 N–H and O–H groups in total. The number of hydrogen-bond acceptors (Lipinski definition) is 4. The lowest BCUT2D eigenvalue weighted by Gasteiger charge is -2.28. The van der Waals surface area contributed by atoms with E-state index < -0.39 is 0 Å². The summed E-state index contributed by atoms with van der Waals surface area (Å²) < 4.78 is 5.42. The van der Waals surface area contributed by atoms with Crippen LogP contribution in [0.4, 0.5) is 5.82 Å². The van der Waals surface area contributed by atoms with Gasteiger partial charge in [0.2, 0.25) is 0 Å². The fourth-order valence-corrected chi connectivity index (χ4v) is 2.38. The molecule has 4 heteroatoms. The van der Waals surface area contributed by atoms with Gasteiger partial charge < -0.3 is 15.0 Å². The van der Waals surface area contributed by atoms with E-state index in [-0.39, 0.29) is 0 Å². The van der Waals surface area contributed by atoms with Crippen LogP contribution in [-0.2, 0) is 17.7 Å². The van der Waals surface area contributed by atoms with E-state index in [4.69, 9.17) is 9.72 Å². The average Bonchev–Trinajstić information content (AvgIpc) is 2.47. The second kappa shape index (κ2) is 7.60. The monoisotopic (exact) mass is 277 g/mol. The molecule has 2 heterocycles. The van der Waals surface area contributed by atoms with Gasteiger partial charge in [-0.2, -0.15) is 0 Å². The Labute approximate surface area is 122 Å². The second-order valence-electron chi connectivity index (χ2n) is 5.80. The van der Waals surface area contributed by atoms with E-state index in [1.165, 1.54) is 11.3 Å². The zero-order valence-electron chi connectivity index (χ0n) is 13.0. The van der Waals surface area contributed by atoms with Gasteiger partial charge in [0.15, 0.2) is 0 Å². The van der Waals surface area contributed by atoms with Crippen LogP contribution < -0.4 is 10.2 Å². The summed E-state index contributed by atoms with van der Waals surface area (Å²) in [7, 11) is 0. The number of anilines is 1. The van der Waals surface area contributed by atoms with Crippen LogP contribution in [0.2, 0.25) is 0 Å². The molecule has 0 radical (unpaired) electrons. The van der Waals surface area contributed by atoms with Crippen molar-refractivity contribution in [3.8, 4) is 0 Å². The molecule has 1 aliphatic rings.